The monoisotopic (exact) mass is 910 g/mol. The number of benzene rings is 3. The molecule has 2 aliphatic heterocycles. The van der Waals surface area contributed by atoms with Crippen molar-refractivity contribution >= 4 is 96.7 Å². The van der Waals surface area contributed by atoms with Crippen molar-refractivity contribution in [3.8, 4) is 11.5 Å². The first-order valence-corrected chi connectivity index (χ1v) is 17.3. The van der Waals surface area contributed by atoms with Gasteiger partial charge in [0.25, 0.3) is 11.8 Å². The van der Waals surface area contributed by atoms with Gasteiger partial charge in [-0.15, -0.1) is 23.2 Å². The average Bonchev–Trinajstić information content (AvgIpc) is 3.42. The van der Waals surface area contributed by atoms with Crippen molar-refractivity contribution in [2.75, 3.05) is 16.9 Å². The number of anilines is 2. The van der Waals surface area contributed by atoms with Gasteiger partial charge < -0.3 is 9.84 Å². The number of fused-ring (bicyclic) bond motifs is 4. The number of nitrogens with zero attached hydrogens (tertiary/aromatic N) is 2. The molecular weight excluding hydrogens is 893 g/mol. The van der Waals surface area contributed by atoms with Crippen LogP contribution in [0.3, 0.4) is 0 Å². The summed E-state index contributed by atoms with van der Waals surface area (Å²) in [6.07, 6.45) is 0.797. The summed E-state index contributed by atoms with van der Waals surface area (Å²) in [6, 6.07) is 9.21. The Labute approximate surface area is 311 Å². The van der Waals surface area contributed by atoms with Gasteiger partial charge in [0.15, 0.2) is 44.5 Å². The maximum absolute atomic E-state index is 15.2. The molecule has 4 aliphatic rings. The summed E-state index contributed by atoms with van der Waals surface area (Å²) in [4.78, 5) is 51.9. The number of alkyl halides is 2. The second kappa shape index (κ2) is 11.9. The number of methoxy groups -OCH3 is 1. The van der Waals surface area contributed by atoms with Gasteiger partial charge in [-0.1, -0.05) is 27.6 Å². The highest BCUT2D eigenvalue weighted by molar-refractivity contribution is 14.1. The molecule has 2 saturated heterocycles. The lowest BCUT2D eigenvalue weighted by Crippen LogP contribution is -2.60. The van der Waals surface area contributed by atoms with Crippen LogP contribution in [0.5, 0.6) is 11.5 Å². The highest BCUT2D eigenvalue weighted by Gasteiger charge is 2.77. The highest BCUT2D eigenvalue weighted by atomic mass is 127. The standard InChI is InChI=1S/C33H19BrCl2F5IN2O6/c1-50-18-9-11(34)8-16(27(18)45)20-14-6-7-15-19(29(47)43(28(15)46)13-4-2-12(42)3-5-13)17(14)10-32(35)30(48)44(31(49)33(20,32)36)26-24(40)22(38)21(37)23(39)25(26)41/h2-6,8-9,15,17,19-20,45H,7,10H2,1H3. The van der Waals surface area contributed by atoms with E-state index in [4.69, 9.17) is 27.9 Å². The number of phenols is 1. The summed E-state index contributed by atoms with van der Waals surface area (Å²) in [5.74, 6) is -22.6. The van der Waals surface area contributed by atoms with Gasteiger partial charge >= 0.3 is 0 Å². The Bertz CT molecular complexity index is 2100. The Kier molecular flexibility index (Phi) is 8.35. The lowest BCUT2D eigenvalue weighted by Gasteiger charge is -2.50. The van der Waals surface area contributed by atoms with Gasteiger partial charge in [0.1, 0.15) is 5.69 Å². The molecule has 6 unspecified atom stereocenters. The molecule has 1 saturated carbocycles. The molecule has 260 valence electrons. The van der Waals surface area contributed by atoms with Crippen LogP contribution in [0.2, 0.25) is 0 Å². The largest absolute Gasteiger partial charge is 0.504 e. The maximum Gasteiger partial charge on any atom is 0.258 e. The van der Waals surface area contributed by atoms with Crippen LogP contribution in [-0.4, -0.2) is 45.6 Å². The molecule has 2 aliphatic carbocycles. The maximum atomic E-state index is 15.2. The van der Waals surface area contributed by atoms with Crippen LogP contribution < -0.4 is 14.5 Å². The first kappa shape index (κ1) is 35.1. The first-order chi connectivity index (χ1) is 23.5. The van der Waals surface area contributed by atoms with E-state index in [1.54, 1.807) is 24.3 Å². The number of halogens is 9. The van der Waals surface area contributed by atoms with E-state index in [1.165, 1.54) is 25.3 Å². The number of allylic oxidation sites excluding steroid dienone is 2. The van der Waals surface area contributed by atoms with Gasteiger partial charge in [0.05, 0.1) is 24.6 Å². The fourth-order valence-electron chi connectivity index (χ4n) is 7.73. The van der Waals surface area contributed by atoms with E-state index >= 15 is 8.78 Å². The summed E-state index contributed by atoms with van der Waals surface area (Å²) in [5.41, 5.74) is -1.63. The summed E-state index contributed by atoms with van der Waals surface area (Å²) in [7, 11) is 1.22. The number of phenolic OH excluding ortho intramolecular Hbond substituents is 1. The molecule has 0 aromatic heterocycles. The third-order valence-electron chi connectivity index (χ3n) is 9.91. The van der Waals surface area contributed by atoms with E-state index < -0.39 is 104 Å². The molecule has 50 heavy (non-hydrogen) atoms. The quantitative estimate of drug-likeness (QED) is 0.0564. The normalized spacial score (nSPS) is 28.9. The number of hydrogen-bond donors (Lipinski definition) is 1. The Morgan fingerprint density at radius 2 is 1.48 bits per heavy atom. The summed E-state index contributed by atoms with van der Waals surface area (Å²) >= 11 is 19.6. The van der Waals surface area contributed by atoms with Crippen LogP contribution in [0, 0.1) is 50.4 Å². The smallest absolute Gasteiger partial charge is 0.258 e. The molecule has 7 rings (SSSR count). The van der Waals surface area contributed by atoms with Crippen molar-refractivity contribution in [1.29, 1.82) is 0 Å². The summed E-state index contributed by atoms with van der Waals surface area (Å²) in [5, 5.41) is 11.4. The van der Waals surface area contributed by atoms with Crippen LogP contribution in [0.25, 0.3) is 0 Å². The van der Waals surface area contributed by atoms with Crippen molar-refractivity contribution in [3.63, 3.8) is 0 Å². The number of amides is 4. The van der Waals surface area contributed by atoms with Gasteiger partial charge in [-0.2, -0.15) is 0 Å². The Morgan fingerprint density at radius 3 is 2.08 bits per heavy atom. The van der Waals surface area contributed by atoms with E-state index in [9.17, 15) is 37.5 Å². The zero-order chi connectivity index (χ0) is 36.4. The van der Waals surface area contributed by atoms with E-state index in [2.05, 4.69) is 38.5 Å². The van der Waals surface area contributed by atoms with Crippen LogP contribution in [0.15, 0.2) is 52.5 Å². The lowest BCUT2D eigenvalue weighted by atomic mass is 9.56. The Hall–Kier alpha value is -3.28. The van der Waals surface area contributed by atoms with Crippen LogP contribution in [0.1, 0.15) is 24.3 Å². The molecule has 8 nitrogen and oxygen atoms in total. The molecule has 0 bridgehead atoms. The second-order valence-corrected chi connectivity index (χ2v) is 15.6. The van der Waals surface area contributed by atoms with Crippen molar-refractivity contribution in [2.24, 2.45) is 17.8 Å². The summed E-state index contributed by atoms with van der Waals surface area (Å²) in [6.45, 7) is 0. The third-order valence-corrected chi connectivity index (χ3v) is 12.5. The van der Waals surface area contributed by atoms with E-state index in [-0.39, 0.29) is 38.4 Å². The van der Waals surface area contributed by atoms with Crippen LogP contribution in [-0.2, 0) is 19.2 Å². The van der Waals surface area contributed by atoms with Crippen molar-refractivity contribution in [2.45, 2.75) is 28.5 Å². The predicted molar refractivity (Wildman–Crippen MR) is 180 cm³/mol. The van der Waals surface area contributed by atoms with Gasteiger partial charge in [-0.3, -0.25) is 24.1 Å². The second-order valence-electron chi connectivity index (χ2n) is 12.2. The number of imide groups is 2. The van der Waals surface area contributed by atoms with Crippen LogP contribution in [0.4, 0.5) is 33.3 Å². The minimum absolute atomic E-state index is 0.0594. The number of hydrogen-bond acceptors (Lipinski definition) is 6. The molecule has 3 aromatic carbocycles. The third kappa shape index (κ3) is 4.51. The van der Waals surface area contributed by atoms with Gasteiger partial charge in [-0.05, 0) is 77.7 Å². The minimum Gasteiger partial charge on any atom is -0.504 e. The zero-order valence-corrected chi connectivity index (χ0v) is 30.3. The molecule has 3 aromatic rings. The van der Waals surface area contributed by atoms with Gasteiger partial charge in [0.2, 0.25) is 17.6 Å². The predicted octanol–water partition coefficient (Wildman–Crippen LogP) is 7.23. The van der Waals surface area contributed by atoms with Crippen molar-refractivity contribution in [3.05, 3.63) is 90.7 Å². The molecular formula is C33H19BrCl2F5IN2O6. The number of rotatable bonds is 4. The van der Waals surface area contributed by atoms with E-state index in [0.29, 0.717) is 0 Å². The van der Waals surface area contributed by atoms with Gasteiger partial charge in [0, 0.05) is 19.5 Å². The molecule has 6 atom stereocenters. The number of aromatic hydroxyl groups is 1. The first-order valence-electron chi connectivity index (χ1n) is 14.7. The fourth-order valence-corrected chi connectivity index (χ4v) is 9.47. The topological polar surface area (TPSA) is 104 Å². The zero-order valence-electron chi connectivity index (χ0n) is 25.0. The van der Waals surface area contributed by atoms with Crippen molar-refractivity contribution in [1.82, 2.24) is 0 Å². The molecule has 4 amide bonds. The van der Waals surface area contributed by atoms with E-state index in [0.717, 1.165) is 8.47 Å². The lowest BCUT2D eigenvalue weighted by molar-refractivity contribution is -0.125. The SMILES string of the molecule is COc1cc(Br)cc(C2C3=CCC4C(=O)N(c5ccc(I)cc5)C(=O)C4C3CC3(Cl)C(=O)N(c4c(F)c(F)c(F)c(F)c4F)C(=O)C23Cl)c1O. The van der Waals surface area contributed by atoms with Gasteiger partial charge in [-0.25, -0.2) is 26.9 Å². The molecule has 17 heteroatoms. The minimum atomic E-state index is -2.80. The van der Waals surface area contributed by atoms with Crippen LogP contribution >= 0.6 is 61.7 Å². The Morgan fingerprint density at radius 1 is 0.880 bits per heavy atom. The Balaban J connectivity index is 1.46. The fraction of sp³-hybridized carbons (Fsp3) is 0.273. The number of ether oxygens (including phenoxy) is 1. The number of carbonyl (C=O) groups excluding carboxylic acids is 4. The molecule has 3 fully saturated rings. The molecule has 1 N–H and O–H groups in total. The van der Waals surface area contributed by atoms with Crippen molar-refractivity contribution < 1.29 is 51.0 Å². The van der Waals surface area contributed by atoms with E-state index in [1.807, 2.05) is 0 Å². The molecule has 0 radical (unpaired) electrons. The molecule has 2 heterocycles. The molecule has 0 spiro atoms. The number of carbonyl (C=O) groups is 4. The summed E-state index contributed by atoms with van der Waals surface area (Å²) < 4.78 is 79.8. The average molecular weight is 912 g/mol. The highest BCUT2D eigenvalue weighted by Crippen LogP contribution is 2.67.